The predicted molar refractivity (Wildman–Crippen MR) is 115 cm³/mol. The highest BCUT2D eigenvalue weighted by Crippen LogP contribution is 2.39. The highest BCUT2D eigenvalue weighted by atomic mass is 32.1. The Kier molecular flexibility index (Phi) is 5.24. The van der Waals surface area contributed by atoms with Gasteiger partial charge in [-0.1, -0.05) is 30.3 Å². The van der Waals surface area contributed by atoms with Crippen molar-refractivity contribution >= 4 is 18.2 Å². The van der Waals surface area contributed by atoms with Crippen LogP contribution in [0, 0.1) is 4.77 Å². The van der Waals surface area contributed by atoms with Gasteiger partial charge >= 0.3 is 0 Å². The maximum absolute atomic E-state index is 5.91. The molecule has 1 aliphatic carbocycles. The first-order valence-electron chi connectivity index (χ1n) is 11.0. The molecule has 150 valence electrons. The monoisotopic (exact) mass is 397 g/mol. The fourth-order valence-corrected chi connectivity index (χ4v) is 5.16. The summed E-state index contributed by atoms with van der Waals surface area (Å²) in [5.74, 6) is 1.13. The first-order valence-corrected chi connectivity index (χ1v) is 11.4. The molecule has 2 aliphatic heterocycles. The molecule has 5 rings (SSSR count). The molecule has 5 nitrogen and oxygen atoms in total. The number of anilines is 1. The number of nitrogens with zero attached hydrogens (tertiary/aromatic N) is 5. The van der Waals surface area contributed by atoms with E-state index in [1.165, 1.54) is 50.5 Å². The lowest BCUT2D eigenvalue weighted by Gasteiger charge is -2.27. The molecule has 0 radical (unpaired) electrons. The van der Waals surface area contributed by atoms with Crippen LogP contribution in [0.2, 0.25) is 0 Å². The first-order chi connectivity index (χ1) is 13.8. The second kappa shape index (κ2) is 7.99. The Labute approximate surface area is 172 Å². The van der Waals surface area contributed by atoms with Crippen molar-refractivity contribution in [1.29, 1.82) is 0 Å². The van der Waals surface area contributed by atoms with E-state index >= 15 is 0 Å². The van der Waals surface area contributed by atoms with Gasteiger partial charge < -0.3 is 4.90 Å². The van der Waals surface area contributed by atoms with E-state index in [1.54, 1.807) is 0 Å². The molecule has 0 bridgehead atoms. The highest BCUT2D eigenvalue weighted by molar-refractivity contribution is 7.71. The summed E-state index contributed by atoms with van der Waals surface area (Å²) in [6.45, 7) is 4.23. The Morgan fingerprint density at radius 2 is 1.71 bits per heavy atom. The minimum absolute atomic E-state index is 0.580. The average molecular weight is 398 g/mol. The van der Waals surface area contributed by atoms with Gasteiger partial charge in [0, 0.05) is 31.7 Å². The maximum Gasteiger partial charge on any atom is 0.226 e. The van der Waals surface area contributed by atoms with Crippen LogP contribution >= 0.6 is 12.2 Å². The smallest absolute Gasteiger partial charge is 0.226 e. The summed E-state index contributed by atoms with van der Waals surface area (Å²) in [4.78, 5) is 5.06. The largest absolute Gasteiger partial charge is 0.341 e. The SMILES string of the molecule is S=c1n(CN2CCCC2Cc2ccccc2)nc(N2CCCCC2)n1C1CC1. The van der Waals surface area contributed by atoms with Crippen LogP contribution in [-0.2, 0) is 13.1 Å². The summed E-state index contributed by atoms with van der Waals surface area (Å²) in [6, 6.07) is 12.1. The molecule has 0 N–H and O–H groups in total. The molecule has 1 aromatic carbocycles. The summed E-state index contributed by atoms with van der Waals surface area (Å²) in [7, 11) is 0. The zero-order chi connectivity index (χ0) is 18.9. The van der Waals surface area contributed by atoms with Gasteiger partial charge in [-0.3, -0.25) is 9.47 Å². The quantitative estimate of drug-likeness (QED) is 0.676. The van der Waals surface area contributed by atoms with Gasteiger partial charge in [-0.2, -0.15) is 0 Å². The lowest BCUT2D eigenvalue weighted by molar-refractivity contribution is 0.187. The molecule has 1 atom stereocenters. The topological polar surface area (TPSA) is 29.2 Å². The summed E-state index contributed by atoms with van der Waals surface area (Å²) < 4.78 is 5.40. The molecule has 3 heterocycles. The van der Waals surface area contributed by atoms with Gasteiger partial charge in [0.2, 0.25) is 10.7 Å². The minimum atomic E-state index is 0.580. The maximum atomic E-state index is 5.91. The summed E-state index contributed by atoms with van der Waals surface area (Å²) in [5, 5.41) is 5.06. The van der Waals surface area contributed by atoms with E-state index < -0.39 is 0 Å². The van der Waals surface area contributed by atoms with Crippen molar-refractivity contribution in [3.05, 3.63) is 40.7 Å². The van der Waals surface area contributed by atoms with Crippen molar-refractivity contribution < 1.29 is 0 Å². The first kappa shape index (κ1) is 18.4. The van der Waals surface area contributed by atoms with Gasteiger partial charge in [0.25, 0.3) is 0 Å². The predicted octanol–water partition coefficient (Wildman–Crippen LogP) is 4.40. The van der Waals surface area contributed by atoms with Gasteiger partial charge in [-0.05, 0) is 69.1 Å². The van der Waals surface area contributed by atoms with E-state index in [2.05, 4.69) is 49.4 Å². The molecule has 1 aromatic heterocycles. The van der Waals surface area contributed by atoms with E-state index in [1.807, 2.05) is 0 Å². The molecule has 2 saturated heterocycles. The second-order valence-electron chi connectivity index (χ2n) is 8.67. The third-order valence-corrected chi connectivity index (χ3v) is 6.94. The van der Waals surface area contributed by atoms with Gasteiger partial charge in [0.1, 0.15) is 0 Å². The van der Waals surface area contributed by atoms with Crippen LogP contribution in [0.4, 0.5) is 5.95 Å². The van der Waals surface area contributed by atoms with Gasteiger partial charge in [-0.15, -0.1) is 5.10 Å². The Balaban J connectivity index is 1.36. The third-order valence-electron chi connectivity index (χ3n) is 6.53. The summed E-state index contributed by atoms with van der Waals surface area (Å²) in [6.07, 6.45) is 10.1. The Morgan fingerprint density at radius 1 is 0.929 bits per heavy atom. The van der Waals surface area contributed by atoms with Crippen LogP contribution in [0.15, 0.2) is 30.3 Å². The van der Waals surface area contributed by atoms with Crippen LogP contribution in [-0.4, -0.2) is 44.9 Å². The zero-order valence-corrected chi connectivity index (χ0v) is 17.5. The van der Waals surface area contributed by atoms with Crippen LogP contribution in [0.3, 0.4) is 0 Å². The molecule has 1 unspecified atom stereocenters. The van der Waals surface area contributed by atoms with Crippen molar-refractivity contribution in [1.82, 2.24) is 19.2 Å². The lowest BCUT2D eigenvalue weighted by atomic mass is 10.0. The van der Waals surface area contributed by atoms with Crippen LogP contribution in [0.25, 0.3) is 0 Å². The molecule has 0 amide bonds. The van der Waals surface area contributed by atoms with Crippen molar-refractivity contribution in [3.63, 3.8) is 0 Å². The summed E-state index contributed by atoms with van der Waals surface area (Å²) in [5.41, 5.74) is 1.43. The van der Waals surface area contributed by atoms with Crippen molar-refractivity contribution in [2.24, 2.45) is 0 Å². The van der Waals surface area contributed by atoms with Crippen molar-refractivity contribution in [2.75, 3.05) is 24.5 Å². The third kappa shape index (κ3) is 3.77. The number of piperidine rings is 1. The normalized spacial score (nSPS) is 23.4. The zero-order valence-electron chi connectivity index (χ0n) is 16.7. The number of aromatic nitrogens is 3. The van der Waals surface area contributed by atoms with E-state index in [0.29, 0.717) is 12.1 Å². The van der Waals surface area contributed by atoms with Gasteiger partial charge in [0.15, 0.2) is 0 Å². The van der Waals surface area contributed by atoms with Crippen LogP contribution in [0.1, 0.15) is 56.6 Å². The Bertz CT molecular complexity index is 848. The molecule has 6 heteroatoms. The number of rotatable bonds is 6. The fourth-order valence-electron chi connectivity index (χ4n) is 4.83. The van der Waals surface area contributed by atoms with E-state index in [-0.39, 0.29) is 0 Å². The van der Waals surface area contributed by atoms with E-state index in [4.69, 9.17) is 17.3 Å². The van der Waals surface area contributed by atoms with Crippen molar-refractivity contribution in [2.45, 2.75) is 70.1 Å². The Hall–Kier alpha value is -1.66. The molecule has 1 saturated carbocycles. The molecule has 3 aliphatic rings. The molecular weight excluding hydrogens is 366 g/mol. The lowest BCUT2D eigenvalue weighted by Crippen LogP contribution is -2.34. The number of hydrogen-bond acceptors (Lipinski definition) is 4. The van der Waals surface area contributed by atoms with E-state index in [0.717, 1.165) is 43.4 Å². The number of benzene rings is 1. The van der Waals surface area contributed by atoms with Gasteiger partial charge in [-0.25, -0.2) is 4.68 Å². The van der Waals surface area contributed by atoms with Crippen LogP contribution in [0.5, 0.6) is 0 Å². The fraction of sp³-hybridized carbons (Fsp3) is 0.636. The van der Waals surface area contributed by atoms with Crippen LogP contribution < -0.4 is 4.90 Å². The minimum Gasteiger partial charge on any atom is -0.341 e. The Morgan fingerprint density at radius 3 is 2.46 bits per heavy atom. The summed E-state index contributed by atoms with van der Waals surface area (Å²) >= 11 is 5.91. The molecule has 2 aromatic rings. The number of likely N-dealkylation sites (tertiary alicyclic amines) is 1. The van der Waals surface area contributed by atoms with Crippen molar-refractivity contribution in [3.8, 4) is 0 Å². The standard InChI is InChI=1S/C22H31N5S/c28-22-26(17-25-15-7-10-20(25)16-18-8-3-1-4-9-18)23-21(27(22)19-11-12-19)24-13-5-2-6-14-24/h1,3-4,8-9,19-20H,2,5-7,10-17H2. The number of hydrogen-bond donors (Lipinski definition) is 0. The molecule has 0 spiro atoms. The molecule has 28 heavy (non-hydrogen) atoms. The second-order valence-corrected chi connectivity index (χ2v) is 9.04. The molecular formula is C22H31N5S. The molecule has 3 fully saturated rings. The average Bonchev–Trinajstić information content (AvgIpc) is 3.40. The highest BCUT2D eigenvalue weighted by Gasteiger charge is 2.32. The van der Waals surface area contributed by atoms with Gasteiger partial charge in [0.05, 0.1) is 6.67 Å². The van der Waals surface area contributed by atoms with E-state index in [9.17, 15) is 0 Å².